The molecular formula is C22H26N8O3S. The number of imidazole rings is 1. The van der Waals surface area contributed by atoms with Crippen LogP contribution in [0.15, 0.2) is 53.7 Å². The topological polar surface area (TPSA) is 128 Å². The van der Waals surface area contributed by atoms with Gasteiger partial charge in [0.15, 0.2) is 0 Å². The molecule has 2 heterocycles. The van der Waals surface area contributed by atoms with E-state index < -0.39 is 10.0 Å². The number of amides is 1. The molecule has 0 aliphatic rings. The number of anilines is 1. The van der Waals surface area contributed by atoms with Crippen molar-refractivity contribution in [2.45, 2.75) is 31.6 Å². The van der Waals surface area contributed by atoms with Gasteiger partial charge >= 0.3 is 0 Å². The van der Waals surface area contributed by atoms with E-state index in [2.05, 4.69) is 25.8 Å². The minimum absolute atomic E-state index is 0.146. The monoisotopic (exact) mass is 482 g/mol. The van der Waals surface area contributed by atoms with E-state index in [1.165, 1.54) is 15.3 Å². The lowest BCUT2D eigenvalue weighted by Gasteiger charge is -2.18. The fraction of sp³-hybridized carbons (Fsp3) is 0.318. The van der Waals surface area contributed by atoms with Gasteiger partial charge in [0.05, 0.1) is 21.6 Å². The predicted molar refractivity (Wildman–Crippen MR) is 127 cm³/mol. The molecule has 2 aromatic heterocycles. The van der Waals surface area contributed by atoms with Gasteiger partial charge in [-0.3, -0.25) is 4.79 Å². The summed E-state index contributed by atoms with van der Waals surface area (Å²) in [5, 5.41) is 13.9. The molecule has 0 aliphatic heterocycles. The first-order valence-corrected chi connectivity index (χ1v) is 12.4. The van der Waals surface area contributed by atoms with Crippen molar-refractivity contribution < 1.29 is 13.2 Å². The minimum atomic E-state index is -3.57. The van der Waals surface area contributed by atoms with Crippen molar-refractivity contribution in [3.8, 4) is 5.69 Å². The molecule has 0 aliphatic carbocycles. The summed E-state index contributed by atoms with van der Waals surface area (Å²) in [6.07, 6.45) is 2.14. The van der Waals surface area contributed by atoms with E-state index in [9.17, 15) is 13.2 Å². The molecule has 0 spiro atoms. The number of carbonyl (C=O) groups is 1. The number of rotatable bonds is 9. The van der Waals surface area contributed by atoms with Gasteiger partial charge < -0.3 is 9.88 Å². The number of carbonyl (C=O) groups excluding carboxylic acids is 1. The molecule has 4 rings (SSSR count). The molecule has 0 saturated heterocycles. The number of sulfonamides is 1. The molecule has 178 valence electrons. The van der Waals surface area contributed by atoms with Crippen LogP contribution in [0.4, 0.5) is 5.69 Å². The molecule has 0 radical (unpaired) electrons. The molecule has 34 heavy (non-hydrogen) atoms. The van der Waals surface area contributed by atoms with Gasteiger partial charge in [-0.25, -0.2) is 18.1 Å². The Morgan fingerprint density at radius 2 is 1.82 bits per heavy atom. The van der Waals surface area contributed by atoms with Crippen LogP contribution in [0.25, 0.3) is 16.7 Å². The Kier molecular flexibility index (Phi) is 6.70. The van der Waals surface area contributed by atoms with Crippen molar-refractivity contribution in [3.63, 3.8) is 0 Å². The van der Waals surface area contributed by atoms with Crippen molar-refractivity contribution >= 4 is 32.7 Å². The van der Waals surface area contributed by atoms with Gasteiger partial charge in [0, 0.05) is 38.7 Å². The molecule has 0 atom stereocenters. The lowest BCUT2D eigenvalue weighted by Crippen LogP contribution is -2.30. The Bertz CT molecular complexity index is 1390. The number of aromatic nitrogens is 6. The van der Waals surface area contributed by atoms with Crippen LogP contribution < -0.4 is 5.32 Å². The Morgan fingerprint density at radius 3 is 2.47 bits per heavy atom. The lowest BCUT2D eigenvalue weighted by atomic mass is 10.2. The van der Waals surface area contributed by atoms with Crippen LogP contribution >= 0.6 is 0 Å². The van der Waals surface area contributed by atoms with Gasteiger partial charge in [-0.05, 0) is 52.9 Å². The molecular weight excluding hydrogens is 456 g/mol. The first-order chi connectivity index (χ1) is 16.3. The molecule has 1 N–H and O–H groups in total. The number of tetrazole rings is 1. The van der Waals surface area contributed by atoms with Gasteiger partial charge in [-0.15, -0.1) is 5.10 Å². The largest absolute Gasteiger partial charge is 0.331 e. The maximum Gasteiger partial charge on any atom is 0.243 e. The van der Waals surface area contributed by atoms with Crippen molar-refractivity contribution in [3.05, 3.63) is 54.6 Å². The SMILES string of the molecule is CCN(CC)S(=O)(=O)c1ccc2c(c1)nc(CCC(=O)Nc1ccc(-n3cnnn3)cc1)n2C. The average molecular weight is 483 g/mol. The Hall–Kier alpha value is -3.64. The number of fused-ring (bicyclic) bond motifs is 1. The van der Waals surface area contributed by atoms with Crippen molar-refractivity contribution in [1.82, 2.24) is 34.1 Å². The molecule has 0 bridgehead atoms. The van der Waals surface area contributed by atoms with Gasteiger partial charge in [-0.1, -0.05) is 13.8 Å². The third-order valence-electron chi connectivity index (χ3n) is 5.63. The highest BCUT2D eigenvalue weighted by molar-refractivity contribution is 7.89. The summed E-state index contributed by atoms with van der Waals surface area (Å²) >= 11 is 0. The number of hydrogen-bond donors (Lipinski definition) is 1. The Labute approximate surface area is 197 Å². The van der Waals surface area contributed by atoms with Crippen LogP contribution in [0, 0.1) is 0 Å². The van der Waals surface area contributed by atoms with E-state index in [-0.39, 0.29) is 17.2 Å². The van der Waals surface area contributed by atoms with E-state index in [0.29, 0.717) is 36.5 Å². The van der Waals surface area contributed by atoms with Crippen LogP contribution in [0.1, 0.15) is 26.1 Å². The first kappa shape index (κ1) is 23.5. The predicted octanol–water partition coefficient (Wildman–Crippen LogP) is 2.15. The normalized spacial score (nSPS) is 11.9. The second kappa shape index (κ2) is 9.69. The maximum absolute atomic E-state index is 12.8. The summed E-state index contributed by atoms with van der Waals surface area (Å²) in [5.74, 6) is 0.559. The summed E-state index contributed by atoms with van der Waals surface area (Å²) in [7, 11) is -1.71. The maximum atomic E-state index is 12.8. The van der Waals surface area contributed by atoms with Crippen molar-refractivity contribution in [2.75, 3.05) is 18.4 Å². The van der Waals surface area contributed by atoms with Crippen LogP contribution in [0.2, 0.25) is 0 Å². The number of nitrogens with zero attached hydrogens (tertiary/aromatic N) is 7. The second-order valence-electron chi connectivity index (χ2n) is 7.68. The number of hydrogen-bond acceptors (Lipinski definition) is 7. The lowest BCUT2D eigenvalue weighted by molar-refractivity contribution is -0.116. The molecule has 4 aromatic rings. The third kappa shape index (κ3) is 4.68. The molecule has 0 fully saturated rings. The molecule has 0 unspecified atom stereocenters. The summed E-state index contributed by atoms with van der Waals surface area (Å²) in [4.78, 5) is 17.3. The van der Waals surface area contributed by atoms with Crippen LogP contribution in [0.5, 0.6) is 0 Å². The summed E-state index contributed by atoms with van der Waals surface area (Å²) in [6.45, 7) is 4.43. The van der Waals surface area contributed by atoms with E-state index in [1.807, 2.05) is 25.5 Å². The third-order valence-corrected chi connectivity index (χ3v) is 7.67. The fourth-order valence-electron chi connectivity index (χ4n) is 3.75. The smallest absolute Gasteiger partial charge is 0.243 e. The molecule has 11 nitrogen and oxygen atoms in total. The molecule has 2 aromatic carbocycles. The number of benzene rings is 2. The number of aryl methyl sites for hydroxylation is 2. The fourth-order valence-corrected chi connectivity index (χ4v) is 5.23. The zero-order chi connectivity index (χ0) is 24.3. The average Bonchev–Trinajstić information content (AvgIpc) is 3.47. The van der Waals surface area contributed by atoms with Crippen LogP contribution in [-0.4, -0.2) is 61.5 Å². The van der Waals surface area contributed by atoms with Crippen molar-refractivity contribution in [1.29, 1.82) is 0 Å². The van der Waals surface area contributed by atoms with Crippen LogP contribution in [-0.2, 0) is 28.3 Å². The van der Waals surface area contributed by atoms with Gasteiger partial charge in [0.1, 0.15) is 12.2 Å². The van der Waals surface area contributed by atoms with Gasteiger partial charge in [0.2, 0.25) is 15.9 Å². The number of nitrogens with one attached hydrogen (secondary N) is 1. The Balaban J connectivity index is 1.44. The van der Waals surface area contributed by atoms with E-state index in [0.717, 1.165) is 11.2 Å². The first-order valence-electron chi connectivity index (χ1n) is 10.9. The van der Waals surface area contributed by atoms with E-state index in [4.69, 9.17) is 0 Å². The highest BCUT2D eigenvalue weighted by atomic mass is 32.2. The van der Waals surface area contributed by atoms with Crippen molar-refractivity contribution in [2.24, 2.45) is 7.05 Å². The highest BCUT2D eigenvalue weighted by Gasteiger charge is 2.22. The molecule has 0 saturated carbocycles. The van der Waals surface area contributed by atoms with E-state index >= 15 is 0 Å². The second-order valence-corrected chi connectivity index (χ2v) is 9.61. The summed E-state index contributed by atoms with van der Waals surface area (Å²) in [5.41, 5.74) is 2.85. The van der Waals surface area contributed by atoms with Crippen LogP contribution in [0.3, 0.4) is 0 Å². The minimum Gasteiger partial charge on any atom is -0.331 e. The highest BCUT2D eigenvalue weighted by Crippen LogP contribution is 2.23. The van der Waals surface area contributed by atoms with Gasteiger partial charge in [0.25, 0.3) is 0 Å². The summed E-state index contributed by atoms with van der Waals surface area (Å²) in [6, 6.07) is 12.1. The van der Waals surface area contributed by atoms with E-state index in [1.54, 1.807) is 42.5 Å². The molecule has 12 heteroatoms. The zero-order valence-corrected chi connectivity index (χ0v) is 20.0. The van der Waals surface area contributed by atoms with Gasteiger partial charge in [-0.2, -0.15) is 4.31 Å². The molecule has 1 amide bonds. The standard InChI is InChI=1S/C22H26N8O3S/c1-4-29(5-2)34(32,33)18-10-11-20-19(14-18)25-21(28(20)3)12-13-22(31)24-16-6-8-17(9-7-16)30-15-23-26-27-30/h6-11,14-15H,4-5,12-13H2,1-3H3,(H,24,31). The quantitative estimate of drug-likeness (QED) is 0.387. The zero-order valence-electron chi connectivity index (χ0n) is 19.2. The summed E-state index contributed by atoms with van der Waals surface area (Å²) < 4.78 is 30.5. The Morgan fingerprint density at radius 1 is 1.09 bits per heavy atom.